The molecule has 1 aromatic rings. The van der Waals surface area contributed by atoms with Gasteiger partial charge in [0.05, 0.1) is 12.6 Å². The molecule has 5 nitrogen and oxygen atoms in total. The topological polar surface area (TPSA) is 67.8 Å². The Morgan fingerprint density at radius 2 is 2.15 bits per heavy atom. The van der Waals surface area contributed by atoms with Crippen LogP contribution < -0.4 is 5.32 Å². The summed E-state index contributed by atoms with van der Waals surface area (Å²) in [6, 6.07) is 6.86. The molecule has 2 rings (SSSR count). The second-order valence-corrected chi connectivity index (χ2v) is 4.82. The van der Waals surface area contributed by atoms with Crippen LogP contribution in [0.5, 0.6) is 0 Å². The van der Waals surface area contributed by atoms with Crippen molar-refractivity contribution in [3.8, 4) is 0 Å². The molecule has 0 aromatic heterocycles. The standard InChI is InChI=1S/C15H18N2O3/c1-4-20-14(18)12-10(3)16-15(19)17-13(12)11-7-5-6-9(2)8-11/h5-8,12-13H,4H2,1-3H3,(H,17,19). The number of benzene rings is 1. The van der Waals surface area contributed by atoms with E-state index >= 15 is 0 Å². The van der Waals surface area contributed by atoms with E-state index < -0.39 is 18.0 Å². The molecular formula is C15H18N2O3. The lowest BCUT2D eigenvalue weighted by Crippen LogP contribution is -2.44. The monoisotopic (exact) mass is 274 g/mol. The van der Waals surface area contributed by atoms with E-state index in [-0.39, 0.29) is 5.97 Å². The quantitative estimate of drug-likeness (QED) is 0.860. The minimum atomic E-state index is -0.575. The van der Waals surface area contributed by atoms with E-state index in [0.717, 1.165) is 11.1 Å². The first kappa shape index (κ1) is 14.2. The number of urea groups is 1. The van der Waals surface area contributed by atoms with Crippen molar-refractivity contribution in [2.24, 2.45) is 10.9 Å². The Kier molecular flexibility index (Phi) is 4.17. The van der Waals surface area contributed by atoms with Crippen LogP contribution >= 0.6 is 0 Å². The normalized spacial score (nSPS) is 21.9. The summed E-state index contributed by atoms with van der Waals surface area (Å²) in [4.78, 5) is 27.6. The summed E-state index contributed by atoms with van der Waals surface area (Å²) >= 11 is 0. The lowest BCUT2D eigenvalue weighted by Gasteiger charge is -2.29. The van der Waals surface area contributed by atoms with Crippen LogP contribution in [0, 0.1) is 12.8 Å². The van der Waals surface area contributed by atoms with Gasteiger partial charge in [-0.05, 0) is 26.3 Å². The second kappa shape index (κ2) is 5.86. The molecule has 20 heavy (non-hydrogen) atoms. The van der Waals surface area contributed by atoms with E-state index in [1.165, 1.54) is 0 Å². The molecule has 0 spiro atoms. The predicted octanol–water partition coefficient (Wildman–Crippen LogP) is 2.40. The van der Waals surface area contributed by atoms with Gasteiger partial charge < -0.3 is 10.1 Å². The molecule has 1 aliphatic heterocycles. The molecular weight excluding hydrogens is 256 g/mol. The Labute approximate surface area is 118 Å². The van der Waals surface area contributed by atoms with E-state index in [0.29, 0.717) is 12.3 Å². The van der Waals surface area contributed by atoms with Crippen LogP contribution in [-0.4, -0.2) is 24.3 Å². The molecule has 0 bridgehead atoms. The minimum Gasteiger partial charge on any atom is -0.465 e. The van der Waals surface area contributed by atoms with Crippen molar-refractivity contribution < 1.29 is 14.3 Å². The molecule has 2 atom stereocenters. The number of rotatable bonds is 3. The maximum absolute atomic E-state index is 12.1. The summed E-state index contributed by atoms with van der Waals surface area (Å²) < 4.78 is 5.10. The zero-order valence-electron chi connectivity index (χ0n) is 11.8. The van der Waals surface area contributed by atoms with Crippen LogP contribution in [0.4, 0.5) is 4.79 Å². The highest BCUT2D eigenvalue weighted by molar-refractivity contribution is 6.08. The number of hydrogen-bond acceptors (Lipinski definition) is 3. The molecule has 2 unspecified atom stereocenters. The Morgan fingerprint density at radius 1 is 1.40 bits per heavy atom. The first-order chi connectivity index (χ1) is 9.52. The number of ether oxygens (including phenoxy) is 1. The van der Waals surface area contributed by atoms with Gasteiger partial charge in [0.25, 0.3) is 0 Å². The number of aliphatic imine (C=N–C) groups is 1. The number of nitrogens with zero attached hydrogens (tertiary/aromatic N) is 1. The average Bonchev–Trinajstić information content (AvgIpc) is 2.37. The number of aryl methyl sites for hydroxylation is 1. The summed E-state index contributed by atoms with van der Waals surface area (Å²) in [7, 11) is 0. The zero-order valence-corrected chi connectivity index (χ0v) is 11.8. The third-order valence-electron chi connectivity index (χ3n) is 3.28. The molecule has 0 fully saturated rings. The van der Waals surface area contributed by atoms with Gasteiger partial charge in [0.1, 0.15) is 5.92 Å². The van der Waals surface area contributed by atoms with Crippen molar-refractivity contribution in [3.63, 3.8) is 0 Å². The Morgan fingerprint density at radius 3 is 2.80 bits per heavy atom. The molecule has 0 saturated carbocycles. The highest BCUT2D eigenvalue weighted by Crippen LogP contribution is 2.28. The van der Waals surface area contributed by atoms with E-state index in [4.69, 9.17) is 4.74 Å². The summed E-state index contributed by atoms with van der Waals surface area (Å²) in [6.45, 7) is 5.71. The molecule has 0 saturated heterocycles. The summed E-state index contributed by atoms with van der Waals surface area (Å²) in [6.07, 6.45) is 0. The summed E-state index contributed by atoms with van der Waals surface area (Å²) in [5.74, 6) is -0.935. The molecule has 1 aliphatic rings. The van der Waals surface area contributed by atoms with Gasteiger partial charge in [-0.25, -0.2) is 9.79 Å². The van der Waals surface area contributed by atoms with Crippen LogP contribution in [-0.2, 0) is 9.53 Å². The van der Waals surface area contributed by atoms with Gasteiger partial charge >= 0.3 is 12.0 Å². The number of hydrogen-bond donors (Lipinski definition) is 1. The molecule has 5 heteroatoms. The van der Waals surface area contributed by atoms with Gasteiger partial charge in [-0.3, -0.25) is 4.79 Å². The van der Waals surface area contributed by atoms with Crippen molar-refractivity contribution in [2.45, 2.75) is 26.8 Å². The Balaban J connectivity index is 2.40. The fraction of sp³-hybridized carbons (Fsp3) is 0.400. The Hall–Kier alpha value is -2.17. The van der Waals surface area contributed by atoms with Gasteiger partial charge in [-0.1, -0.05) is 29.8 Å². The summed E-state index contributed by atoms with van der Waals surface area (Å²) in [5.41, 5.74) is 2.43. The van der Waals surface area contributed by atoms with Crippen LogP contribution in [0.25, 0.3) is 0 Å². The average molecular weight is 274 g/mol. The van der Waals surface area contributed by atoms with Gasteiger partial charge in [-0.2, -0.15) is 0 Å². The number of carbonyl (C=O) groups excluding carboxylic acids is 2. The van der Waals surface area contributed by atoms with Crippen LogP contribution in [0.2, 0.25) is 0 Å². The van der Waals surface area contributed by atoms with Gasteiger partial charge in [0.15, 0.2) is 0 Å². The molecule has 2 amide bonds. The van der Waals surface area contributed by atoms with E-state index in [1.54, 1.807) is 13.8 Å². The highest BCUT2D eigenvalue weighted by Gasteiger charge is 2.37. The SMILES string of the molecule is CCOC(=O)C1C(C)=NC(=O)NC1c1cccc(C)c1. The lowest BCUT2D eigenvalue weighted by atomic mass is 9.88. The third kappa shape index (κ3) is 2.87. The van der Waals surface area contributed by atoms with Crippen molar-refractivity contribution >= 4 is 17.7 Å². The van der Waals surface area contributed by atoms with Crippen molar-refractivity contribution in [3.05, 3.63) is 35.4 Å². The zero-order chi connectivity index (χ0) is 14.7. The number of nitrogens with one attached hydrogen (secondary N) is 1. The number of carbonyl (C=O) groups is 2. The van der Waals surface area contributed by atoms with Crippen molar-refractivity contribution in [2.75, 3.05) is 6.61 Å². The van der Waals surface area contributed by atoms with E-state index in [9.17, 15) is 9.59 Å². The fourth-order valence-electron chi connectivity index (χ4n) is 2.40. The second-order valence-electron chi connectivity index (χ2n) is 4.82. The smallest absolute Gasteiger partial charge is 0.341 e. The largest absolute Gasteiger partial charge is 0.465 e. The first-order valence-corrected chi connectivity index (χ1v) is 6.61. The third-order valence-corrected chi connectivity index (χ3v) is 3.28. The molecule has 0 radical (unpaired) electrons. The maximum Gasteiger partial charge on any atom is 0.341 e. The molecule has 1 N–H and O–H groups in total. The van der Waals surface area contributed by atoms with Gasteiger partial charge in [-0.15, -0.1) is 0 Å². The predicted molar refractivity (Wildman–Crippen MR) is 75.7 cm³/mol. The van der Waals surface area contributed by atoms with Crippen LogP contribution in [0.1, 0.15) is 31.0 Å². The molecule has 0 aliphatic carbocycles. The molecule has 1 heterocycles. The highest BCUT2D eigenvalue weighted by atomic mass is 16.5. The van der Waals surface area contributed by atoms with Gasteiger partial charge in [0, 0.05) is 5.71 Å². The number of amides is 2. The lowest BCUT2D eigenvalue weighted by molar-refractivity contribution is -0.146. The van der Waals surface area contributed by atoms with E-state index in [1.807, 2.05) is 31.2 Å². The first-order valence-electron chi connectivity index (χ1n) is 6.61. The van der Waals surface area contributed by atoms with Crippen molar-refractivity contribution in [1.82, 2.24) is 5.32 Å². The minimum absolute atomic E-state index is 0.303. The van der Waals surface area contributed by atoms with Gasteiger partial charge in [0.2, 0.25) is 0 Å². The van der Waals surface area contributed by atoms with Crippen LogP contribution in [0.3, 0.4) is 0 Å². The van der Waals surface area contributed by atoms with Crippen LogP contribution in [0.15, 0.2) is 29.3 Å². The van der Waals surface area contributed by atoms with Crippen molar-refractivity contribution in [1.29, 1.82) is 0 Å². The molecule has 106 valence electrons. The Bertz CT molecular complexity index is 566. The fourth-order valence-corrected chi connectivity index (χ4v) is 2.40. The number of esters is 1. The maximum atomic E-state index is 12.1. The molecule has 1 aromatic carbocycles. The summed E-state index contributed by atoms with van der Waals surface area (Å²) in [5, 5.41) is 2.75. The van der Waals surface area contributed by atoms with E-state index in [2.05, 4.69) is 10.3 Å².